The number of nitrogens with one attached hydrogen (secondary N) is 1. The van der Waals surface area contributed by atoms with Crippen molar-refractivity contribution in [3.63, 3.8) is 0 Å². The largest absolute Gasteiger partial charge is 0.399 e. The molecule has 0 aliphatic heterocycles. The molecule has 0 fully saturated rings. The second-order valence-corrected chi connectivity index (χ2v) is 4.04. The van der Waals surface area contributed by atoms with Gasteiger partial charge in [-0.05, 0) is 37.3 Å². The van der Waals surface area contributed by atoms with Gasteiger partial charge in [0, 0.05) is 11.9 Å². The third-order valence-electron chi connectivity index (χ3n) is 2.67. The molecule has 1 aromatic carbocycles. The summed E-state index contributed by atoms with van der Waals surface area (Å²) >= 11 is 0. The van der Waals surface area contributed by atoms with Crippen molar-refractivity contribution in [3.8, 4) is 6.07 Å². The molecule has 0 amide bonds. The summed E-state index contributed by atoms with van der Waals surface area (Å²) in [7, 11) is 0. The summed E-state index contributed by atoms with van der Waals surface area (Å²) in [5.74, 6) is 0. The molecule has 3 N–H and O–H groups in total. The van der Waals surface area contributed by atoms with Gasteiger partial charge in [-0.3, -0.25) is 4.98 Å². The molecule has 1 aromatic heterocycles. The number of hydrogen-bond donors (Lipinski definition) is 2. The second kappa shape index (κ2) is 5.19. The lowest BCUT2D eigenvalue weighted by Crippen LogP contribution is -2.09. The molecule has 1 unspecified atom stereocenters. The van der Waals surface area contributed by atoms with Crippen LogP contribution in [0.15, 0.2) is 42.6 Å². The fraction of sp³-hybridized carbons (Fsp3) is 0.143. The number of nitriles is 1. The molecular weight excluding hydrogens is 224 g/mol. The van der Waals surface area contributed by atoms with Crippen molar-refractivity contribution < 1.29 is 0 Å². The van der Waals surface area contributed by atoms with E-state index in [0.717, 1.165) is 11.4 Å². The lowest BCUT2D eigenvalue weighted by molar-refractivity contribution is 0.839. The Hall–Kier alpha value is -2.54. The minimum absolute atomic E-state index is 0.0296. The Morgan fingerprint density at radius 3 is 2.83 bits per heavy atom. The average Bonchev–Trinajstić information content (AvgIpc) is 2.41. The molecular formula is C14H14N4. The van der Waals surface area contributed by atoms with Crippen molar-refractivity contribution in [1.82, 2.24) is 4.98 Å². The Balaban J connectivity index is 2.22. The molecule has 0 saturated carbocycles. The number of anilines is 2. The van der Waals surface area contributed by atoms with Crippen LogP contribution in [0.5, 0.6) is 0 Å². The number of nitrogens with two attached hydrogens (primary N) is 1. The van der Waals surface area contributed by atoms with Crippen molar-refractivity contribution in [2.75, 3.05) is 11.1 Å². The van der Waals surface area contributed by atoms with Gasteiger partial charge >= 0.3 is 0 Å². The van der Waals surface area contributed by atoms with Gasteiger partial charge in [-0.1, -0.05) is 6.07 Å². The second-order valence-electron chi connectivity index (χ2n) is 4.04. The van der Waals surface area contributed by atoms with E-state index in [1.807, 2.05) is 31.2 Å². The zero-order valence-corrected chi connectivity index (χ0v) is 10.1. The third kappa shape index (κ3) is 2.58. The zero-order valence-electron chi connectivity index (χ0n) is 10.1. The van der Waals surface area contributed by atoms with E-state index in [1.54, 1.807) is 18.3 Å². The van der Waals surface area contributed by atoms with Crippen LogP contribution in [0, 0.1) is 11.3 Å². The van der Waals surface area contributed by atoms with E-state index in [-0.39, 0.29) is 6.04 Å². The topological polar surface area (TPSA) is 74.7 Å². The molecule has 0 radical (unpaired) electrons. The van der Waals surface area contributed by atoms with E-state index in [1.165, 1.54) is 0 Å². The number of nitrogens with zero attached hydrogens (tertiary/aromatic N) is 2. The Morgan fingerprint density at radius 2 is 2.17 bits per heavy atom. The molecule has 1 heterocycles. The highest BCUT2D eigenvalue weighted by Crippen LogP contribution is 2.22. The number of aromatic nitrogens is 1. The summed E-state index contributed by atoms with van der Waals surface area (Å²) in [6.45, 7) is 2.00. The lowest BCUT2D eigenvalue weighted by atomic mass is 10.1. The molecule has 0 aliphatic rings. The minimum atomic E-state index is 0.0296. The molecule has 2 rings (SSSR count). The molecule has 4 nitrogen and oxygen atoms in total. The fourth-order valence-corrected chi connectivity index (χ4v) is 1.72. The van der Waals surface area contributed by atoms with Crippen LogP contribution in [0.4, 0.5) is 11.4 Å². The van der Waals surface area contributed by atoms with Gasteiger partial charge in [-0.2, -0.15) is 5.26 Å². The first-order valence-electron chi connectivity index (χ1n) is 5.68. The van der Waals surface area contributed by atoms with Crippen LogP contribution in [0.25, 0.3) is 0 Å². The van der Waals surface area contributed by atoms with Crippen molar-refractivity contribution in [3.05, 3.63) is 53.9 Å². The van der Waals surface area contributed by atoms with Gasteiger partial charge in [0.2, 0.25) is 0 Å². The van der Waals surface area contributed by atoms with Crippen molar-refractivity contribution in [2.45, 2.75) is 13.0 Å². The van der Waals surface area contributed by atoms with Crippen LogP contribution in [-0.2, 0) is 0 Å². The van der Waals surface area contributed by atoms with E-state index in [0.29, 0.717) is 11.3 Å². The van der Waals surface area contributed by atoms with Gasteiger partial charge in [0.1, 0.15) is 6.07 Å². The molecule has 1 atom stereocenters. The van der Waals surface area contributed by atoms with E-state index in [4.69, 9.17) is 11.0 Å². The summed E-state index contributed by atoms with van der Waals surface area (Å²) in [4.78, 5) is 4.28. The van der Waals surface area contributed by atoms with E-state index < -0.39 is 0 Å². The molecule has 0 aliphatic carbocycles. The zero-order chi connectivity index (χ0) is 13.0. The highest BCUT2D eigenvalue weighted by atomic mass is 14.9. The highest BCUT2D eigenvalue weighted by molar-refractivity contribution is 5.63. The number of nitrogen functional groups attached to an aromatic ring is 1. The molecule has 4 heteroatoms. The molecule has 0 bridgehead atoms. The average molecular weight is 238 g/mol. The fourth-order valence-electron chi connectivity index (χ4n) is 1.72. The smallest absolute Gasteiger partial charge is 0.101 e. The summed E-state index contributed by atoms with van der Waals surface area (Å²) in [5, 5.41) is 12.3. The maximum atomic E-state index is 9.07. The van der Waals surface area contributed by atoms with E-state index in [2.05, 4.69) is 16.4 Å². The third-order valence-corrected chi connectivity index (χ3v) is 2.67. The maximum absolute atomic E-state index is 9.07. The predicted molar refractivity (Wildman–Crippen MR) is 71.8 cm³/mol. The van der Waals surface area contributed by atoms with Crippen LogP contribution in [-0.4, -0.2) is 4.98 Å². The van der Waals surface area contributed by atoms with Gasteiger partial charge in [0.15, 0.2) is 0 Å². The Labute approximate surface area is 106 Å². The monoisotopic (exact) mass is 238 g/mol. The van der Waals surface area contributed by atoms with Crippen LogP contribution in [0.1, 0.15) is 24.2 Å². The highest BCUT2D eigenvalue weighted by Gasteiger charge is 2.09. The SMILES string of the molecule is CC(Nc1ccc(N)cc1C#N)c1ccccn1. The predicted octanol–water partition coefficient (Wildman–Crippen LogP) is 2.71. The molecule has 18 heavy (non-hydrogen) atoms. The molecule has 2 aromatic rings. The first kappa shape index (κ1) is 11.9. The van der Waals surface area contributed by atoms with Gasteiger partial charge < -0.3 is 11.1 Å². The summed E-state index contributed by atoms with van der Waals surface area (Å²) < 4.78 is 0. The van der Waals surface area contributed by atoms with Crippen molar-refractivity contribution in [1.29, 1.82) is 5.26 Å². The molecule has 90 valence electrons. The van der Waals surface area contributed by atoms with E-state index >= 15 is 0 Å². The van der Waals surface area contributed by atoms with Gasteiger partial charge in [-0.15, -0.1) is 0 Å². The first-order valence-corrected chi connectivity index (χ1v) is 5.68. The van der Waals surface area contributed by atoms with Crippen molar-refractivity contribution >= 4 is 11.4 Å². The van der Waals surface area contributed by atoms with E-state index in [9.17, 15) is 0 Å². The summed E-state index contributed by atoms with van der Waals surface area (Å²) in [6, 6.07) is 13.2. The van der Waals surface area contributed by atoms with Crippen LogP contribution >= 0.6 is 0 Å². The number of benzene rings is 1. The van der Waals surface area contributed by atoms with Gasteiger partial charge in [0.25, 0.3) is 0 Å². The molecule has 0 saturated heterocycles. The van der Waals surface area contributed by atoms with Crippen LogP contribution < -0.4 is 11.1 Å². The summed E-state index contributed by atoms with van der Waals surface area (Å²) in [6.07, 6.45) is 1.75. The first-order chi connectivity index (χ1) is 8.70. The minimum Gasteiger partial charge on any atom is -0.399 e. The standard InChI is InChI=1S/C14H14N4/c1-10(13-4-2-3-7-17-13)18-14-6-5-12(16)8-11(14)9-15/h2-8,10,18H,16H2,1H3. The van der Waals surface area contributed by atoms with Crippen molar-refractivity contribution in [2.24, 2.45) is 0 Å². The molecule has 0 spiro atoms. The Kier molecular flexibility index (Phi) is 3.44. The Bertz CT molecular complexity index is 572. The summed E-state index contributed by atoms with van der Waals surface area (Å²) in [5.41, 5.74) is 8.48. The number of pyridine rings is 1. The normalized spacial score (nSPS) is 11.6. The van der Waals surface area contributed by atoms with Crippen LogP contribution in [0.3, 0.4) is 0 Å². The van der Waals surface area contributed by atoms with Crippen LogP contribution in [0.2, 0.25) is 0 Å². The lowest BCUT2D eigenvalue weighted by Gasteiger charge is -2.15. The number of hydrogen-bond acceptors (Lipinski definition) is 4. The number of rotatable bonds is 3. The van der Waals surface area contributed by atoms with Gasteiger partial charge in [0.05, 0.1) is 23.0 Å². The van der Waals surface area contributed by atoms with Gasteiger partial charge in [-0.25, -0.2) is 0 Å². The maximum Gasteiger partial charge on any atom is 0.101 e. The quantitative estimate of drug-likeness (QED) is 0.806. The Morgan fingerprint density at radius 1 is 1.33 bits per heavy atom.